The Morgan fingerprint density at radius 3 is 2.26 bits per heavy atom. The van der Waals surface area contributed by atoms with Crippen molar-refractivity contribution in [2.45, 2.75) is 70.4 Å². The SMILES string of the molecule is CCN(CC)C1(C(O)CC2CCOCC2)CCCC1. The second-order valence-corrected chi connectivity index (χ2v) is 6.29. The molecule has 1 aliphatic heterocycles. The molecule has 112 valence electrons. The van der Waals surface area contributed by atoms with Gasteiger partial charge in [0.1, 0.15) is 0 Å². The van der Waals surface area contributed by atoms with Crippen molar-refractivity contribution in [2.75, 3.05) is 26.3 Å². The van der Waals surface area contributed by atoms with E-state index in [1.165, 1.54) is 25.7 Å². The number of aliphatic hydroxyl groups excluding tert-OH is 1. The third kappa shape index (κ3) is 3.32. The molecule has 2 aliphatic rings. The molecule has 1 saturated heterocycles. The average Bonchev–Trinajstić information content (AvgIpc) is 2.92. The normalized spacial score (nSPS) is 25.9. The van der Waals surface area contributed by atoms with Gasteiger partial charge in [0.25, 0.3) is 0 Å². The minimum atomic E-state index is -0.155. The lowest BCUT2D eigenvalue weighted by Gasteiger charge is -2.45. The van der Waals surface area contributed by atoms with Gasteiger partial charge in [-0.25, -0.2) is 0 Å². The molecule has 1 saturated carbocycles. The van der Waals surface area contributed by atoms with Crippen molar-refractivity contribution in [1.82, 2.24) is 4.90 Å². The average molecular weight is 269 g/mol. The maximum Gasteiger partial charge on any atom is 0.0726 e. The Hall–Kier alpha value is -0.120. The van der Waals surface area contributed by atoms with Gasteiger partial charge in [-0.15, -0.1) is 0 Å². The molecule has 1 heterocycles. The van der Waals surface area contributed by atoms with E-state index in [9.17, 15) is 5.11 Å². The van der Waals surface area contributed by atoms with Gasteiger partial charge in [-0.3, -0.25) is 4.90 Å². The Morgan fingerprint density at radius 2 is 1.74 bits per heavy atom. The molecule has 19 heavy (non-hydrogen) atoms. The van der Waals surface area contributed by atoms with Crippen molar-refractivity contribution in [3.63, 3.8) is 0 Å². The highest BCUT2D eigenvalue weighted by molar-refractivity contribution is 5.00. The highest BCUT2D eigenvalue weighted by Crippen LogP contribution is 2.40. The number of likely N-dealkylation sites (N-methyl/N-ethyl adjacent to an activating group) is 1. The van der Waals surface area contributed by atoms with E-state index in [4.69, 9.17) is 4.74 Å². The monoisotopic (exact) mass is 269 g/mol. The van der Waals surface area contributed by atoms with Crippen molar-refractivity contribution in [3.8, 4) is 0 Å². The summed E-state index contributed by atoms with van der Waals surface area (Å²) < 4.78 is 5.43. The molecule has 0 aromatic carbocycles. The first-order valence-corrected chi connectivity index (χ1v) is 8.23. The molecule has 3 nitrogen and oxygen atoms in total. The van der Waals surface area contributed by atoms with E-state index < -0.39 is 0 Å². The lowest BCUT2D eigenvalue weighted by atomic mass is 9.81. The van der Waals surface area contributed by atoms with E-state index in [0.29, 0.717) is 5.92 Å². The maximum atomic E-state index is 10.9. The molecule has 1 unspecified atom stereocenters. The summed E-state index contributed by atoms with van der Waals surface area (Å²) in [6.07, 6.45) is 8.00. The summed E-state index contributed by atoms with van der Waals surface area (Å²) in [5, 5.41) is 10.9. The van der Waals surface area contributed by atoms with E-state index >= 15 is 0 Å². The summed E-state index contributed by atoms with van der Waals surface area (Å²) >= 11 is 0. The summed E-state index contributed by atoms with van der Waals surface area (Å²) in [4.78, 5) is 2.52. The first kappa shape index (κ1) is 15.3. The Labute approximate surface area is 118 Å². The van der Waals surface area contributed by atoms with Crippen LogP contribution in [0.3, 0.4) is 0 Å². The zero-order valence-corrected chi connectivity index (χ0v) is 12.7. The molecule has 2 fully saturated rings. The lowest BCUT2D eigenvalue weighted by molar-refractivity contribution is -0.0463. The first-order chi connectivity index (χ1) is 9.23. The standard InChI is InChI=1S/C16H31NO2/c1-3-17(4-2)16(9-5-6-10-16)15(18)13-14-7-11-19-12-8-14/h14-15,18H,3-13H2,1-2H3. The highest BCUT2D eigenvalue weighted by atomic mass is 16.5. The van der Waals surface area contributed by atoms with Crippen LogP contribution in [0.4, 0.5) is 0 Å². The smallest absolute Gasteiger partial charge is 0.0726 e. The fourth-order valence-electron chi connectivity index (χ4n) is 4.22. The summed E-state index contributed by atoms with van der Waals surface area (Å²) in [5.41, 5.74) is 0.0712. The molecule has 1 atom stereocenters. The van der Waals surface area contributed by atoms with Crippen molar-refractivity contribution < 1.29 is 9.84 Å². The minimum absolute atomic E-state index is 0.0712. The van der Waals surface area contributed by atoms with Gasteiger partial charge < -0.3 is 9.84 Å². The number of nitrogens with zero attached hydrogens (tertiary/aromatic N) is 1. The number of aliphatic hydroxyl groups is 1. The van der Waals surface area contributed by atoms with E-state index in [-0.39, 0.29) is 11.6 Å². The van der Waals surface area contributed by atoms with Crippen LogP contribution in [-0.4, -0.2) is 48.0 Å². The van der Waals surface area contributed by atoms with Gasteiger partial charge >= 0.3 is 0 Å². The van der Waals surface area contributed by atoms with Crippen LogP contribution in [0.15, 0.2) is 0 Å². The van der Waals surface area contributed by atoms with Crippen LogP contribution in [0, 0.1) is 5.92 Å². The number of hydrogen-bond acceptors (Lipinski definition) is 3. The van der Waals surface area contributed by atoms with E-state index in [2.05, 4.69) is 18.7 Å². The highest BCUT2D eigenvalue weighted by Gasteiger charge is 2.44. The summed E-state index contributed by atoms with van der Waals surface area (Å²) in [6, 6.07) is 0. The van der Waals surface area contributed by atoms with Gasteiger partial charge in [-0.2, -0.15) is 0 Å². The zero-order valence-electron chi connectivity index (χ0n) is 12.7. The van der Waals surface area contributed by atoms with Crippen LogP contribution >= 0.6 is 0 Å². The number of rotatable bonds is 6. The molecule has 0 bridgehead atoms. The van der Waals surface area contributed by atoms with Crippen molar-refractivity contribution in [3.05, 3.63) is 0 Å². The van der Waals surface area contributed by atoms with E-state index in [1.54, 1.807) is 0 Å². The molecule has 3 heteroatoms. The third-order valence-corrected chi connectivity index (χ3v) is 5.38. The molecule has 2 rings (SSSR count). The first-order valence-electron chi connectivity index (χ1n) is 8.23. The van der Waals surface area contributed by atoms with Crippen molar-refractivity contribution >= 4 is 0 Å². The Balaban J connectivity index is 2.00. The second-order valence-electron chi connectivity index (χ2n) is 6.29. The molecule has 1 N–H and O–H groups in total. The van der Waals surface area contributed by atoms with Crippen LogP contribution < -0.4 is 0 Å². The quantitative estimate of drug-likeness (QED) is 0.805. The van der Waals surface area contributed by atoms with Gasteiger partial charge in [-0.1, -0.05) is 26.7 Å². The number of ether oxygens (including phenoxy) is 1. The van der Waals surface area contributed by atoms with Crippen molar-refractivity contribution in [2.24, 2.45) is 5.92 Å². The molecular formula is C16H31NO2. The predicted octanol–water partition coefficient (Wildman–Crippen LogP) is 2.82. The van der Waals surface area contributed by atoms with Gasteiger partial charge in [0.05, 0.1) is 6.10 Å². The molecule has 0 radical (unpaired) electrons. The topological polar surface area (TPSA) is 32.7 Å². The second kappa shape index (κ2) is 7.05. The van der Waals surface area contributed by atoms with Crippen LogP contribution in [0.2, 0.25) is 0 Å². The van der Waals surface area contributed by atoms with Crippen LogP contribution in [0.25, 0.3) is 0 Å². The molecule has 0 spiro atoms. The van der Waals surface area contributed by atoms with Crippen LogP contribution in [-0.2, 0) is 4.74 Å². The summed E-state index contributed by atoms with van der Waals surface area (Å²) in [6.45, 7) is 8.34. The minimum Gasteiger partial charge on any atom is -0.391 e. The maximum absolute atomic E-state index is 10.9. The Morgan fingerprint density at radius 1 is 1.16 bits per heavy atom. The van der Waals surface area contributed by atoms with E-state index in [1.807, 2.05) is 0 Å². The largest absolute Gasteiger partial charge is 0.391 e. The van der Waals surface area contributed by atoms with Gasteiger partial charge in [0.15, 0.2) is 0 Å². The zero-order chi connectivity index (χ0) is 13.7. The predicted molar refractivity (Wildman–Crippen MR) is 78.3 cm³/mol. The lowest BCUT2D eigenvalue weighted by Crippen LogP contribution is -2.55. The Bertz CT molecular complexity index is 253. The molecule has 0 amide bonds. The van der Waals surface area contributed by atoms with Crippen LogP contribution in [0.5, 0.6) is 0 Å². The van der Waals surface area contributed by atoms with Gasteiger partial charge in [-0.05, 0) is 51.1 Å². The molecule has 1 aliphatic carbocycles. The summed E-state index contributed by atoms with van der Waals surface area (Å²) in [5.74, 6) is 0.664. The number of hydrogen-bond donors (Lipinski definition) is 1. The van der Waals surface area contributed by atoms with Crippen molar-refractivity contribution in [1.29, 1.82) is 0 Å². The summed E-state index contributed by atoms with van der Waals surface area (Å²) in [7, 11) is 0. The van der Waals surface area contributed by atoms with Gasteiger partial charge in [0, 0.05) is 18.8 Å². The Kier molecular flexibility index (Phi) is 5.67. The molecule has 0 aromatic heterocycles. The fourth-order valence-corrected chi connectivity index (χ4v) is 4.22. The molecule has 0 aromatic rings. The third-order valence-electron chi connectivity index (χ3n) is 5.38. The van der Waals surface area contributed by atoms with Crippen LogP contribution in [0.1, 0.15) is 58.8 Å². The van der Waals surface area contributed by atoms with E-state index in [0.717, 1.165) is 45.6 Å². The van der Waals surface area contributed by atoms with Gasteiger partial charge in [0.2, 0.25) is 0 Å². The fraction of sp³-hybridized carbons (Fsp3) is 1.00. The molecular weight excluding hydrogens is 238 g/mol.